The van der Waals surface area contributed by atoms with Crippen LogP contribution in [0.4, 0.5) is 0 Å². The van der Waals surface area contributed by atoms with Crippen molar-refractivity contribution in [2.45, 2.75) is 32.6 Å². The second kappa shape index (κ2) is 3.18. The summed E-state index contributed by atoms with van der Waals surface area (Å²) in [4.78, 5) is 10.9. The summed E-state index contributed by atoms with van der Waals surface area (Å²) in [6, 6.07) is 0. The first-order valence-corrected chi connectivity index (χ1v) is 4.36. The molecule has 2 saturated carbocycles. The first-order chi connectivity index (χ1) is 5.13. The predicted octanol–water partition coefficient (Wildman–Crippen LogP) is 1.74. The molecule has 0 spiro atoms. The predicted molar refractivity (Wildman–Crippen MR) is 49.2 cm³/mol. The summed E-state index contributed by atoms with van der Waals surface area (Å²) in [6.45, 7) is 1.92. The molecule has 0 aromatic rings. The molecule has 0 radical (unpaired) electrons. The van der Waals surface area contributed by atoms with Gasteiger partial charge in [-0.05, 0) is 38.0 Å². The smallest absolute Gasteiger partial charge is 1.00 e. The van der Waals surface area contributed by atoms with Gasteiger partial charge in [-0.2, -0.15) is 0 Å². The molecular weight excluding hydrogens is 164 g/mol. The summed E-state index contributed by atoms with van der Waals surface area (Å²) >= 11 is 0. The Morgan fingerprint density at radius 2 is 2.25 bits per heavy atom. The van der Waals surface area contributed by atoms with Crippen LogP contribution in [0.3, 0.4) is 0 Å². The maximum absolute atomic E-state index is 10.9. The fraction of sp³-hybridized carbons (Fsp3) is 0.889. The summed E-state index contributed by atoms with van der Waals surface area (Å²) in [7, 11) is 0. The van der Waals surface area contributed by atoms with Gasteiger partial charge in [0.25, 0.3) is 0 Å². The molecule has 1 N–H and O–H groups in total. The van der Waals surface area contributed by atoms with E-state index in [2.05, 4.69) is 0 Å². The molecule has 12 heavy (non-hydrogen) atoms. The van der Waals surface area contributed by atoms with E-state index in [1.54, 1.807) is 0 Å². The van der Waals surface area contributed by atoms with Crippen LogP contribution in [-0.2, 0) is 4.79 Å². The van der Waals surface area contributed by atoms with E-state index in [-0.39, 0.29) is 31.3 Å². The molecule has 0 aliphatic heterocycles. The Bertz CT molecular complexity index is 213. The third-order valence-electron chi connectivity index (χ3n) is 3.64. The number of rotatable bonds is 1. The average Bonchev–Trinajstić information content (AvgIpc) is 2.45. The largest absolute Gasteiger partial charge is 2.00 e. The molecule has 0 aromatic heterocycles. The minimum absolute atomic E-state index is 0. The van der Waals surface area contributed by atoms with Gasteiger partial charge in [-0.25, -0.2) is 0 Å². The molecule has 0 heterocycles. The molecule has 2 rings (SSSR count). The summed E-state index contributed by atoms with van der Waals surface area (Å²) in [5, 5.41) is 8.99. The van der Waals surface area contributed by atoms with Crippen molar-refractivity contribution in [1.82, 2.24) is 0 Å². The molecular formula is C9H16MgO2. The van der Waals surface area contributed by atoms with Crippen molar-refractivity contribution in [2.24, 2.45) is 17.3 Å². The van der Waals surface area contributed by atoms with E-state index in [1.807, 2.05) is 6.92 Å². The van der Waals surface area contributed by atoms with Crippen molar-refractivity contribution < 1.29 is 12.8 Å². The molecule has 2 aliphatic carbocycles. The molecule has 3 atom stereocenters. The number of carboxylic acid groups (broad SMARTS) is 1. The molecule has 0 aromatic carbocycles. The maximum atomic E-state index is 10.9. The van der Waals surface area contributed by atoms with E-state index in [0.29, 0.717) is 5.92 Å². The fourth-order valence-electron chi connectivity index (χ4n) is 2.87. The Hall–Kier alpha value is 0.236. The second-order valence-electron chi connectivity index (χ2n) is 4.30. The van der Waals surface area contributed by atoms with Crippen molar-refractivity contribution in [3.8, 4) is 0 Å². The van der Waals surface area contributed by atoms with Crippen LogP contribution in [0.1, 0.15) is 35.5 Å². The molecule has 2 bridgehead atoms. The van der Waals surface area contributed by atoms with Crippen LogP contribution in [0.2, 0.25) is 0 Å². The maximum Gasteiger partial charge on any atom is 2.00 e. The van der Waals surface area contributed by atoms with Crippen LogP contribution in [0.15, 0.2) is 0 Å². The van der Waals surface area contributed by atoms with Crippen LogP contribution in [0.25, 0.3) is 0 Å². The number of hydrogen-bond donors (Lipinski definition) is 1. The molecule has 2 nitrogen and oxygen atoms in total. The van der Waals surface area contributed by atoms with Crippen LogP contribution in [0, 0.1) is 17.3 Å². The summed E-state index contributed by atoms with van der Waals surface area (Å²) < 4.78 is 0. The normalized spacial score (nSPS) is 44.1. The van der Waals surface area contributed by atoms with Crippen molar-refractivity contribution >= 4 is 29.0 Å². The fourth-order valence-corrected chi connectivity index (χ4v) is 2.87. The first-order valence-electron chi connectivity index (χ1n) is 4.36. The van der Waals surface area contributed by atoms with Crippen LogP contribution in [-0.4, -0.2) is 34.1 Å². The van der Waals surface area contributed by atoms with Crippen molar-refractivity contribution in [2.75, 3.05) is 0 Å². The van der Waals surface area contributed by atoms with E-state index in [4.69, 9.17) is 5.11 Å². The van der Waals surface area contributed by atoms with Gasteiger partial charge in [-0.15, -0.1) is 0 Å². The zero-order valence-electron chi connectivity index (χ0n) is 9.55. The van der Waals surface area contributed by atoms with Gasteiger partial charge in [-0.1, -0.05) is 6.42 Å². The summed E-state index contributed by atoms with van der Waals surface area (Å²) in [6.07, 6.45) is 4.51. The number of hydrogen-bond acceptors (Lipinski definition) is 1. The van der Waals surface area contributed by atoms with E-state index >= 15 is 0 Å². The minimum Gasteiger partial charge on any atom is -1.00 e. The van der Waals surface area contributed by atoms with Gasteiger partial charge >= 0.3 is 29.0 Å². The number of carboxylic acids is 1. The molecule has 0 saturated heterocycles. The molecule has 3 heteroatoms. The van der Waals surface area contributed by atoms with Crippen molar-refractivity contribution in [3.05, 3.63) is 0 Å². The van der Waals surface area contributed by atoms with E-state index in [0.717, 1.165) is 18.8 Å². The summed E-state index contributed by atoms with van der Waals surface area (Å²) in [5.41, 5.74) is -0.372. The van der Waals surface area contributed by atoms with Gasteiger partial charge in [0.2, 0.25) is 0 Å². The Morgan fingerprint density at radius 3 is 2.50 bits per heavy atom. The van der Waals surface area contributed by atoms with Gasteiger partial charge in [-0.3, -0.25) is 4.79 Å². The molecule has 2 aliphatic rings. The summed E-state index contributed by atoms with van der Waals surface area (Å²) in [5.74, 6) is 0.621. The van der Waals surface area contributed by atoms with E-state index in [1.165, 1.54) is 12.8 Å². The quantitative estimate of drug-likeness (QED) is 0.624. The van der Waals surface area contributed by atoms with Crippen LogP contribution in [0.5, 0.6) is 0 Å². The minimum atomic E-state index is -0.579. The third-order valence-corrected chi connectivity index (χ3v) is 3.64. The molecule has 3 unspecified atom stereocenters. The Morgan fingerprint density at radius 1 is 1.58 bits per heavy atom. The Kier molecular flexibility index (Phi) is 2.74. The average molecular weight is 181 g/mol. The third kappa shape index (κ3) is 1.27. The molecule has 0 amide bonds. The number of fused-ring (bicyclic) bond motifs is 2. The van der Waals surface area contributed by atoms with E-state index in [9.17, 15) is 4.79 Å². The molecule has 66 valence electrons. The van der Waals surface area contributed by atoms with Gasteiger partial charge in [0.15, 0.2) is 0 Å². The monoisotopic (exact) mass is 180 g/mol. The Labute approximate surface area is 91.8 Å². The SMILES string of the molecule is CC1(C(=O)O)CC2CCC1C2.[H-].[H-].[Mg+2]. The van der Waals surface area contributed by atoms with Gasteiger partial charge in [0, 0.05) is 0 Å². The van der Waals surface area contributed by atoms with Crippen LogP contribution < -0.4 is 0 Å². The van der Waals surface area contributed by atoms with Crippen LogP contribution >= 0.6 is 0 Å². The zero-order valence-corrected chi connectivity index (χ0v) is 8.96. The topological polar surface area (TPSA) is 37.3 Å². The number of aliphatic carboxylic acids is 1. The first kappa shape index (κ1) is 10.3. The zero-order chi connectivity index (χ0) is 8.06. The van der Waals surface area contributed by atoms with Gasteiger partial charge in [0.1, 0.15) is 0 Å². The van der Waals surface area contributed by atoms with Crippen molar-refractivity contribution in [1.29, 1.82) is 0 Å². The molecule has 2 fully saturated rings. The number of carbonyl (C=O) groups is 1. The van der Waals surface area contributed by atoms with Crippen molar-refractivity contribution in [3.63, 3.8) is 0 Å². The second-order valence-corrected chi connectivity index (χ2v) is 4.30. The standard InChI is InChI=1S/C9H14O2.Mg.2H/c1-9(8(10)11)5-6-2-3-7(9)4-6;;;/h6-7H,2-5H2,1H3,(H,10,11);;;/q;+2;2*-1. The Balaban J connectivity index is 0. The van der Waals surface area contributed by atoms with Gasteiger partial charge < -0.3 is 7.96 Å². The van der Waals surface area contributed by atoms with Gasteiger partial charge in [0.05, 0.1) is 5.41 Å². The van der Waals surface area contributed by atoms with E-state index < -0.39 is 5.97 Å².